The number of nitrogens with zero attached hydrogens (tertiary/aromatic N) is 3. The average Bonchev–Trinajstić information content (AvgIpc) is 2.72. The first-order chi connectivity index (χ1) is 8.08. The quantitative estimate of drug-likeness (QED) is 0.931. The second-order valence-electron chi connectivity index (χ2n) is 3.27. The first kappa shape index (κ1) is 11.9. The summed E-state index contributed by atoms with van der Waals surface area (Å²) in [6, 6.07) is 5.15. The Morgan fingerprint density at radius 2 is 2.00 bits per heavy atom. The van der Waals surface area contributed by atoms with E-state index in [4.69, 9.17) is 28.3 Å². The smallest absolute Gasteiger partial charge is 0.375 e. The maximum absolute atomic E-state index is 10.6. The van der Waals surface area contributed by atoms with Crippen LogP contribution in [0.4, 0.5) is 0 Å². The van der Waals surface area contributed by atoms with Gasteiger partial charge in [-0.2, -0.15) is 0 Å². The van der Waals surface area contributed by atoms with Crippen molar-refractivity contribution in [1.82, 2.24) is 14.8 Å². The molecule has 0 saturated heterocycles. The van der Waals surface area contributed by atoms with Gasteiger partial charge in [-0.15, -0.1) is 5.10 Å². The van der Waals surface area contributed by atoms with Crippen molar-refractivity contribution in [1.29, 1.82) is 0 Å². The number of carbonyl (C=O) groups is 1. The van der Waals surface area contributed by atoms with Gasteiger partial charge in [0.05, 0.1) is 6.54 Å². The highest BCUT2D eigenvalue weighted by Crippen LogP contribution is 2.24. The molecule has 88 valence electrons. The number of hydrogen-bond donors (Lipinski definition) is 1. The fourth-order valence-corrected chi connectivity index (χ4v) is 1.83. The molecule has 5 nitrogen and oxygen atoms in total. The summed E-state index contributed by atoms with van der Waals surface area (Å²) in [6.45, 7) is 0.277. The fraction of sp³-hybridized carbons (Fsp3) is 0.100. The van der Waals surface area contributed by atoms with E-state index in [0.717, 1.165) is 0 Å². The molecule has 0 saturated carbocycles. The van der Waals surface area contributed by atoms with Crippen molar-refractivity contribution >= 4 is 29.2 Å². The highest BCUT2D eigenvalue weighted by atomic mass is 35.5. The van der Waals surface area contributed by atoms with E-state index in [1.807, 2.05) is 0 Å². The maximum atomic E-state index is 10.6. The molecule has 0 radical (unpaired) electrons. The summed E-state index contributed by atoms with van der Waals surface area (Å²) in [7, 11) is 0. The number of carboxylic acids is 1. The van der Waals surface area contributed by atoms with Crippen molar-refractivity contribution in [2.75, 3.05) is 0 Å². The van der Waals surface area contributed by atoms with E-state index in [2.05, 4.69) is 10.1 Å². The van der Waals surface area contributed by atoms with Crippen LogP contribution in [0, 0.1) is 0 Å². The Morgan fingerprint density at radius 1 is 1.35 bits per heavy atom. The molecular formula is C10H7Cl2N3O2. The van der Waals surface area contributed by atoms with Crippen LogP contribution >= 0.6 is 23.2 Å². The molecular weight excluding hydrogens is 265 g/mol. The molecule has 0 aliphatic heterocycles. The lowest BCUT2D eigenvalue weighted by molar-refractivity contribution is 0.0683. The molecule has 1 aromatic heterocycles. The summed E-state index contributed by atoms with van der Waals surface area (Å²) >= 11 is 12.0. The molecule has 0 unspecified atom stereocenters. The molecule has 0 aliphatic carbocycles. The SMILES string of the molecule is O=C(O)c1ncn(Cc2c(Cl)cccc2Cl)n1. The third-order valence-electron chi connectivity index (χ3n) is 2.11. The number of halogens is 2. The monoisotopic (exact) mass is 271 g/mol. The summed E-state index contributed by atoms with van der Waals surface area (Å²) in [5, 5.41) is 13.5. The Labute approximate surface area is 107 Å². The molecule has 1 aromatic carbocycles. The van der Waals surface area contributed by atoms with Crippen LogP contribution in [0.3, 0.4) is 0 Å². The zero-order valence-corrected chi connectivity index (χ0v) is 9.98. The summed E-state index contributed by atoms with van der Waals surface area (Å²) in [6.07, 6.45) is 1.32. The molecule has 0 aliphatic rings. The standard InChI is InChI=1S/C10H7Cl2N3O2/c11-7-2-1-3-8(12)6(7)4-15-5-13-9(14-15)10(16)17/h1-3,5H,4H2,(H,16,17). The third kappa shape index (κ3) is 2.57. The molecule has 1 heterocycles. The van der Waals surface area contributed by atoms with Gasteiger partial charge in [0.2, 0.25) is 0 Å². The third-order valence-corrected chi connectivity index (χ3v) is 2.82. The maximum Gasteiger partial charge on any atom is 0.375 e. The van der Waals surface area contributed by atoms with Gasteiger partial charge in [-0.25, -0.2) is 14.5 Å². The highest BCUT2D eigenvalue weighted by Gasteiger charge is 2.11. The van der Waals surface area contributed by atoms with E-state index in [-0.39, 0.29) is 12.4 Å². The van der Waals surface area contributed by atoms with Crippen molar-refractivity contribution < 1.29 is 9.90 Å². The van der Waals surface area contributed by atoms with E-state index in [1.54, 1.807) is 18.2 Å². The second-order valence-corrected chi connectivity index (χ2v) is 4.09. The first-order valence-corrected chi connectivity index (χ1v) is 5.39. The van der Waals surface area contributed by atoms with E-state index in [9.17, 15) is 4.79 Å². The van der Waals surface area contributed by atoms with Crippen LogP contribution in [0.5, 0.6) is 0 Å². The summed E-state index contributed by atoms with van der Waals surface area (Å²) in [4.78, 5) is 14.2. The van der Waals surface area contributed by atoms with E-state index < -0.39 is 5.97 Å². The van der Waals surface area contributed by atoms with Crippen molar-refractivity contribution in [2.45, 2.75) is 6.54 Å². The normalized spacial score (nSPS) is 10.5. The number of aromatic nitrogens is 3. The van der Waals surface area contributed by atoms with Crippen molar-refractivity contribution in [3.8, 4) is 0 Å². The Kier molecular flexibility index (Phi) is 3.31. The molecule has 1 N–H and O–H groups in total. The molecule has 2 aromatic rings. The molecule has 0 fully saturated rings. The van der Waals surface area contributed by atoms with Gasteiger partial charge in [-0.3, -0.25) is 0 Å². The Bertz CT molecular complexity index is 548. The lowest BCUT2D eigenvalue weighted by atomic mass is 10.2. The van der Waals surface area contributed by atoms with Crippen LogP contribution in [-0.2, 0) is 6.54 Å². The van der Waals surface area contributed by atoms with E-state index in [1.165, 1.54) is 11.0 Å². The fourth-order valence-electron chi connectivity index (χ4n) is 1.31. The van der Waals surface area contributed by atoms with Crippen LogP contribution in [0.2, 0.25) is 10.0 Å². The zero-order valence-electron chi connectivity index (χ0n) is 8.47. The molecule has 7 heteroatoms. The number of aromatic carboxylic acids is 1. The molecule has 2 rings (SSSR count). The molecule has 0 bridgehead atoms. The van der Waals surface area contributed by atoms with Gasteiger partial charge in [-0.05, 0) is 12.1 Å². The molecule has 17 heavy (non-hydrogen) atoms. The Hall–Kier alpha value is -1.59. The van der Waals surface area contributed by atoms with Gasteiger partial charge < -0.3 is 5.11 Å². The minimum Gasteiger partial charge on any atom is -0.475 e. The minimum atomic E-state index is -1.17. The second kappa shape index (κ2) is 4.73. The van der Waals surface area contributed by atoms with Crippen LogP contribution in [0.1, 0.15) is 16.2 Å². The van der Waals surface area contributed by atoms with Crippen molar-refractivity contribution in [3.05, 3.63) is 46.0 Å². The zero-order chi connectivity index (χ0) is 12.4. The lowest BCUT2D eigenvalue weighted by Gasteiger charge is -2.05. The Balaban J connectivity index is 2.28. The average molecular weight is 272 g/mol. The predicted molar refractivity (Wildman–Crippen MR) is 62.5 cm³/mol. The van der Waals surface area contributed by atoms with Crippen LogP contribution < -0.4 is 0 Å². The summed E-state index contributed by atoms with van der Waals surface area (Å²) in [5.74, 6) is -1.43. The van der Waals surface area contributed by atoms with Crippen LogP contribution in [0.25, 0.3) is 0 Å². The van der Waals surface area contributed by atoms with Gasteiger partial charge in [-0.1, -0.05) is 29.3 Å². The van der Waals surface area contributed by atoms with Gasteiger partial charge in [0.15, 0.2) is 0 Å². The van der Waals surface area contributed by atoms with Crippen LogP contribution in [0.15, 0.2) is 24.5 Å². The highest BCUT2D eigenvalue weighted by molar-refractivity contribution is 6.35. The number of hydrogen-bond acceptors (Lipinski definition) is 3. The summed E-state index contributed by atoms with van der Waals surface area (Å²) in [5.41, 5.74) is 0.678. The van der Waals surface area contributed by atoms with Gasteiger partial charge in [0.1, 0.15) is 6.33 Å². The van der Waals surface area contributed by atoms with Crippen molar-refractivity contribution in [3.63, 3.8) is 0 Å². The van der Waals surface area contributed by atoms with Crippen LogP contribution in [-0.4, -0.2) is 25.8 Å². The first-order valence-electron chi connectivity index (χ1n) is 4.63. The molecule has 0 amide bonds. The molecule has 0 spiro atoms. The van der Waals surface area contributed by atoms with E-state index in [0.29, 0.717) is 15.6 Å². The van der Waals surface area contributed by atoms with E-state index >= 15 is 0 Å². The van der Waals surface area contributed by atoms with Crippen molar-refractivity contribution in [2.24, 2.45) is 0 Å². The predicted octanol–water partition coefficient (Wildman–Crippen LogP) is 2.33. The number of rotatable bonds is 3. The van der Waals surface area contributed by atoms with Gasteiger partial charge >= 0.3 is 5.97 Å². The lowest BCUT2D eigenvalue weighted by Crippen LogP contribution is -2.05. The summed E-state index contributed by atoms with van der Waals surface area (Å²) < 4.78 is 1.37. The van der Waals surface area contributed by atoms with Gasteiger partial charge in [0, 0.05) is 15.6 Å². The number of benzene rings is 1. The minimum absolute atomic E-state index is 0.256. The number of carboxylic acid groups (broad SMARTS) is 1. The molecule has 0 atom stereocenters. The Morgan fingerprint density at radius 3 is 2.53 bits per heavy atom. The largest absolute Gasteiger partial charge is 0.475 e. The van der Waals surface area contributed by atoms with Gasteiger partial charge in [0.25, 0.3) is 5.82 Å². The topological polar surface area (TPSA) is 68.0 Å².